The summed E-state index contributed by atoms with van der Waals surface area (Å²) in [7, 11) is 0. The van der Waals surface area contributed by atoms with Crippen LogP contribution in [0.4, 0.5) is 0 Å². The highest BCUT2D eigenvalue weighted by molar-refractivity contribution is 6.01. The number of hydrogen-bond acceptors (Lipinski definition) is 2. The Morgan fingerprint density at radius 1 is 1.04 bits per heavy atom. The molecule has 2 heterocycles. The first kappa shape index (κ1) is 15.2. The summed E-state index contributed by atoms with van der Waals surface area (Å²) in [5.41, 5.74) is 6.96. The van der Waals surface area contributed by atoms with Gasteiger partial charge in [-0.05, 0) is 42.5 Å². The zero-order valence-corrected chi connectivity index (χ0v) is 14.5. The molecular formula is C22H24N2. The maximum Gasteiger partial charge on any atom is 0.127 e. The topological polar surface area (TPSA) is 15.6 Å². The Bertz CT molecular complexity index is 802. The van der Waals surface area contributed by atoms with Crippen molar-refractivity contribution in [1.82, 2.24) is 4.90 Å². The molecule has 1 atom stereocenters. The molecule has 0 N–H and O–H groups in total. The Balaban J connectivity index is 1.73. The lowest BCUT2D eigenvalue weighted by atomic mass is 9.88. The van der Waals surface area contributed by atoms with E-state index in [0.717, 1.165) is 25.9 Å². The fourth-order valence-corrected chi connectivity index (χ4v) is 4.02. The van der Waals surface area contributed by atoms with E-state index in [9.17, 15) is 0 Å². The molecular weight excluding hydrogens is 292 g/mol. The van der Waals surface area contributed by atoms with E-state index in [1.54, 1.807) is 0 Å². The quantitative estimate of drug-likeness (QED) is 0.800. The normalized spacial score (nSPS) is 20.2. The van der Waals surface area contributed by atoms with E-state index in [1.165, 1.54) is 33.7 Å². The SMILES string of the molecule is CC1=C(Cc2ccccc2-c2ccccc2)C2=NCCN2C(C)C1. The van der Waals surface area contributed by atoms with E-state index in [4.69, 9.17) is 4.99 Å². The Morgan fingerprint density at radius 3 is 2.62 bits per heavy atom. The summed E-state index contributed by atoms with van der Waals surface area (Å²) in [5, 5.41) is 0. The van der Waals surface area contributed by atoms with Crippen molar-refractivity contribution in [3.63, 3.8) is 0 Å². The average Bonchev–Trinajstić information content (AvgIpc) is 3.10. The van der Waals surface area contributed by atoms with Gasteiger partial charge in [-0.1, -0.05) is 60.2 Å². The van der Waals surface area contributed by atoms with E-state index in [-0.39, 0.29) is 0 Å². The van der Waals surface area contributed by atoms with Crippen LogP contribution in [0.15, 0.2) is 70.7 Å². The second kappa shape index (κ2) is 6.27. The highest BCUT2D eigenvalue weighted by Crippen LogP contribution is 2.32. The molecule has 0 fully saturated rings. The fourth-order valence-electron chi connectivity index (χ4n) is 4.02. The van der Waals surface area contributed by atoms with Gasteiger partial charge in [-0.2, -0.15) is 0 Å². The molecule has 0 saturated carbocycles. The number of amidine groups is 1. The van der Waals surface area contributed by atoms with Gasteiger partial charge in [0.1, 0.15) is 5.84 Å². The zero-order valence-electron chi connectivity index (χ0n) is 14.5. The van der Waals surface area contributed by atoms with Crippen LogP contribution >= 0.6 is 0 Å². The number of aliphatic imine (C=N–C) groups is 1. The maximum absolute atomic E-state index is 4.82. The number of benzene rings is 2. The first-order chi connectivity index (χ1) is 11.7. The van der Waals surface area contributed by atoms with Crippen molar-refractivity contribution in [2.45, 2.75) is 32.7 Å². The molecule has 4 rings (SSSR count). The molecule has 2 aliphatic heterocycles. The third-order valence-electron chi connectivity index (χ3n) is 5.26. The van der Waals surface area contributed by atoms with Crippen LogP contribution in [0.1, 0.15) is 25.8 Å². The van der Waals surface area contributed by atoms with Crippen LogP contribution in [0.5, 0.6) is 0 Å². The predicted octanol–water partition coefficient (Wildman–Crippen LogP) is 4.72. The molecule has 24 heavy (non-hydrogen) atoms. The van der Waals surface area contributed by atoms with Crippen molar-refractivity contribution in [1.29, 1.82) is 0 Å². The second-order valence-electron chi connectivity index (χ2n) is 6.91. The standard InChI is InChI=1S/C22H24N2/c1-16-14-17(2)24-13-12-23-22(24)21(16)15-19-10-6-7-11-20(19)18-8-4-3-5-9-18/h3-11,17H,12-15H2,1-2H3. The van der Waals surface area contributed by atoms with Crippen LogP contribution in [0, 0.1) is 0 Å². The van der Waals surface area contributed by atoms with E-state index in [1.807, 2.05) is 0 Å². The van der Waals surface area contributed by atoms with Crippen LogP contribution in [-0.4, -0.2) is 29.9 Å². The van der Waals surface area contributed by atoms with Crippen molar-refractivity contribution in [2.75, 3.05) is 13.1 Å². The number of fused-ring (bicyclic) bond motifs is 1. The van der Waals surface area contributed by atoms with Crippen LogP contribution in [-0.2, 0) is 6.42 Å². The first-order valence-electron chi connectivity index (χ1n) is 8.87. The summed E-state index contributed by atoms with van der Waals surface area (Å²) in [5.74, 6) is 1.24. The van der Waals surface area contributed by atoms with E-state index in [0.29, 0.717) is 6.04 Å². The highest BCUT2D eigenvalue weighted by Gasteiger charge is 2.31. The molecule has 122 valence electrons. The summed E-state index contributed by atoms with van der Waals surface area (Å²) < 4.78 is 0. The van der Waals surface area contributed by atoms with Crippen LogP contribution in [0.3, 0.4) is 0 Å². The molecule has 0 amide bonds. The monoisotopic (exact) mass is 316 g/mol. The van der Waals surface area contributed by atoms with Crippen LogP contribution < -0.4 is 0 Å². The molecule has 2 heteroatoms. The van der Waals surface area contributed by atoms with Crippen molar-refractivity contribution < 1.29 is 0 Å². The summed E-state index contributed by atoms with van der Waals surface area (Å²) in [6, 6.07) is 20.1. The summed E-state index contributed by atoms with van der Waals surface area (Å²) in [4.78, 5) is 7.32. The van der Waals surface area contributed by atoms with E-state index < -0.39 is 0 Å². The molecule has 2 nitrogen and oxygen atoms in total. The number of hydrogen-bond donors (Lipinski definition) is 0. The van der Waals surface area contributed by atoms with Crippen molar-refractivity contribution >= 4 is 5.84 Å². The number of rotatable bonds is 3. The summed E-state index contributed by atoms with van der Waals surface area (Å²) in [6.45, 7) is 6.62. The highest BCUT2D eigenvalue weighted by atomic mass is 15.3. The number of nitrogens with zero attached hydrogens (tertiary/aromatic N) is 2. The molecule has 0 spiro atoms. The second-order valence-corrected chi connectivity index (χ2v) is 6.91. The molecule has 0 saturated heterocycles. The largest absolute Gasteiger partial charge is 0.352 e. The maximum atomic E-state index is 4.82. The average molecular weight is 316 g/mol. The van der Waals surface area contributed by atoms with Gasteiger partial charge < -0.3 is 4.90 Å². The van der Waals surface area contributed by atoms with Gasteiger partial charge in [0, 0.05) is 19.0 Å². The minimum absolute atomic E-state index is 0.583. The van der Waals surface area contributed by atoms with Crippen LogP contribution in [0.2, 0.25) is 0 Å². The lowest BCUT2D eigenvalue weighted by molar-refractivity contribution is 0.344. The van der Waals surface area contributed by atoms with E-state index in [2.05, 4.69) is 73.3 Å². The smallest absolute Gasteiger partial charge is 0.127 e. The van der Waals surface area contributed by atoms with Gasteiger partial charge in [0.2, 0.25) is 0 Å². The molecule has 2 aromatic carbocycles. The molecule has 0 aliphatic carbocycles. The van der Waals surface area contributed by atoms with Gasteiger partial charge in [0.15, 0.2) is 0 Å². The van der Waals surface area contributed by atoms with Gasteiger partial charge in [-0.15, -0.1) is 0 Å². The summed E-state index contributed by atoms with van der Waals surface area (Å²) >= 11 is 0. The van der Waals surface area contributed by atoms with Gasteiger partial charge in [-0.3, -0.25) is 4.99 Å². The third-order valence-corrected chi connectivity index (χ3v) is 5.26. The van der Waals surface area contributed by atoms with Crippen molar-refractivity contribution in [3.8, 4) is 11.1 Å². The molecule has 2 aromatic rings. The van der Waals surface area contributed by atoms with E-state index >= 15 is 0 Å². The van der Waals surface area contributed by atoms with Gasteiger partial charge in [-0.25, -0.2) is 0 Å². The van der Waals surface area contributed by atoms with Gasteiger partial charge in [0.05, 0.1) is 6.54 Å². The third kappa shape index (κ3) is 2.66. The minimum Gasteiger partial charge on any atom is -0.352 e. The zero-order chi connectivity index (χ0) is 16.5. The fraction of sp³-hybridized carbons (Fsp3) is 0.318. The van der Waals surface area contributed by atoms with Crippen molar-refractivity contribution in [2.24, 2.45) is 4.99 Å². The molecule has 0 aromatic heterocycles. The first-order valence-corrected chi connectivity index (χ1v) is 8.87. The molecule has 0 radical (unpaired) electrons. The molecule has 2 aliphatic rings. The lowest BCUT2D eigenvalue weighted by Gasteiger charge is -2.35. The molecule has 0 bridgehead atoms. The van der Waals surface area contributed by atoms with Crippen molar-refractivity contribution in [3.05, 3.63) is 71.3 Å². The Kier molecular flexibility index (Phi) is 3.97. The molecule has 1 unspecified atom stereocenters. The summed E-state index contributed by atoms with van der Waals surface area (Å²) in [6.07, 6.45) is 2.13. The minimum atomic E-state index is 0.583. The Morgan fingerprint density at radius 2 is 1.79 bits per heavy atom. The Labute approximate surface area is 144 Å². The van der Waals surface area contributed by atoms with Crippen LogP contribution in [0.25, 0.3) is 11.1 Å². The Hall–Kier alpha value is -2.35. The predicted molar refractivity (Wildman–Crippen MR) is 101 cm³/mol. The van der Waals surface area contributed by atoms with Gasteiger partial charge >= 0.3 is 0 Å². The van der Waals surface area contributed by atoms with Gasteiger partial charge in [0.25, 0.3) is 0 Å². The lowest BCUT2D eigenvalue weighted by Crippen LogP contribution is -2.41.